The Morgan fingerprint density at radius 1 is 0.970 bits per heavy atom. The largest absolute Gasteiger partial charge is 0.493 e. The van der Waals surface area contributed by atoms with Crippen LogP contribution in [0.1, 0.15) is 12.0 Å². The molecule has 0 unspecified atom stereocenters. The van der Waals surface area contributed by atoms with E-state index in [0.29, 0.717) is 23.7 Å². The van der Waals surface area contributed by atoms with Crippen LogP contribution in [0.4, 0.5) is 10.1 Å². The molecule has 2 aromatic carbocycles. The summed E-state index contributed by atoms with van der Waals surface area (Å²) in [6.07, 6.45) is 3.81. The van der Waals surface area contributed by atoms with Gasteiger partial charge in [-0.3, -0.25) is 9.69 Å². The normalized spacial score (nSPS) is 13.8. The Balaban J connectivity index is 0.00000272. The van der Waals surface area contributed by atoms with Gasteiger partial charge in [-0.05, 0) is 48.0 Å². The number of allylic oxidation sites excluding steroid dienone is 1. The Labute approximate surface area is 200 Å². The third kappa shape index (κ3) is 7.63. The van der Waals surface area contributed by atoms with Crippen molar-refractivity contribution in [2.45, 2.75) is 6.42 Å². The molecule has 1 heterocycles. The van der Waals surface area contributed by atoms with Crippen molar-refractivity contribution in [3.63, 3.8) is 0 Å². The molecule has 0 spiro atoms. The molecule has 2 aromatic rings. The molecule has 33 heavy (non-hydrogen) atoms. The molecule has 1 aliphatic heterocycles. The molecule has 0 aliphatic carbocycles. The number of anilines is 1. The number of ether oxygens (including phenoxy) is 3. The van der Waals surface area contributed by atoms with E-state index in [1.165, 1.54) is 12.1 Å². The standard InChI is InChI=1S/C24H29FN2O4.ClH.H2O/c1-29-22-16-18(17-23(30-2)24(22)31-3)4-9-21(28)10-11-26-12-14-27(15-13-26)20-7-5-19(25)6-8-20;;/h4-9,16-17H,10-15H2,1-3H3;1H;1H2/b9-4+;;. The average molecular weight is 483 g/mol. The van der Waals surface area contributed by atoms with Crippen LogP contribution in [0.25, 0.3) is 6.08 Å². The van der Waals surface area contributed by atoms with Crippen LogP contribution in [-0.4, -0.2) is 70.2 Å². The lowest BCUT2D eigenvalue weighted by molar-refractivity contribution is -0.114. The zero-order valence-electron chi connectivity index (χ0n) is 19.2. The number of piperazine rings is 1. The minimum atomic E-state index is -0.222. The molecule has 0 saturated carbocycles. The lowest BCUT2D eigenvalue weighted by Crippen LogP contribution is -2.46. The van der Waals surface area contributed by atoms with Gasteiger partial charge in [-0.1, -0.05) is 6.08 Å². The second-order valence-electron chi connectivity index (χ2n) is 7.31. The smallest absolute Gasteiger partial charge is 0.203 e. The first-order valence-corrected chi connectivity index (χ1v) is 10.3. The third-order valence-electron chi connectivity index (χ3n) is 5.39. The Kier molecular flexibility index (Phi) is 11.7. The van der Waals surface area contributed by atoms with Gasteiger partial charge in [0.2, 0.25) is 5.75 Å². The summed E-state index contributed by atoms with van der Waals surface area (Å²) in [4.78, 5) is 16.9. The van der Waals surface area contributed by atoms with Crippen molar-refractivity contribution in [2.24, 2.45) is 0 Å². The van der Waals surface area contributed by atoms with Gasteiger partial charge in [0.25, 0.3) is 0 Å². The fourth-order valence-electron chi connectivity index (χ4n) is 3.62. The predicted molar refractivity (Wildman–Crippen MR) is 131 cm³/mol. The van der Waals surface area contributed by atoms with Crippen molar-refractivity contribution in [3.05, 3.63) is 53.9 Å². The minimum Gasteiger partial charge on any atom is -0.493 e. The fraction of sp³-hybridized carbons (Fsp3) is 0.375. The number of ketones is 1. The highest BCUT2D eigenvalue weighted by atomic mass is 35.5. The number of nitrogens with zero attached hydrogens (tertiary/aromatic N) is 2. The lowest BCUT2D eigenvalue weighted by atomic mass is 10.1. The van der Waals surface area contributed by atoms with Crippen LogP contribution in [0, 0.1) is 5.82 Å². The molecular weight excluding hydrogens is 451 g/mol. The van der Waals surface area contributed by atoms with E-state index in [2.05, 4.69) is 9.80 Å². The molecule has 9 heteroatoms. The molecule has 3 rings (SSSR count). The van der Waals surface area contributed by atoms with Crippen LogP contribution in [-0.2, 0) is 4.79 Å². The summed E-state index contributed by atoms with van der Waals surface area (Å²) in [6.45, 7) is 4.19. The van der Waals surface area contributed by atoms with Crippen molar-refractivity contribution < 1.29 is 28.9 Å². The molecule has 1 aliphatic rings. The van der Waals surface area contributed by atoms with Gasteiger partial charge in [0.15, 0.2) is 17.3 Å². The van der Waals surface area contributed by atoms with Crippen LogP contribution < -0.4 is 19.1 Å². The van der Waals surface area contributed by atoms with Crippen molar-refractivity contribution >= 4 is 30.0 Å². The van der Waals surface area contributed by atoms with Crippen LogP contribution in [0.15, 0.2) is 42.5 Å². The van der Waals surface area contributed by atoms with Crippen molar-refractivity contribution in [1.29, 1.82) is 0 Å². The van der Waals surface area contributed by atoms with Gasteiger partial charge in [-0.15, -0.1) is 12.4 Å². The maximum Gasteiger partial charge on any atom is 0.203 e. The molecule has 2 N–H and O–H groups in total. The summed E-state index contributed by atoms with van der Waals surface area (Å²) < 4.78 is 29.1. The van der Waals surface area contributed by atoms with E-state index in [1.54, 1.807) is 45.6 Å². The molecule has 0 amide bonds. The first-order valence-electron chi connectivity index (χ1n) is 10.3. The summed E-state index contributed by atoms with van der Waals surface area (Å²) in [7, 11) is 4.68. The first kappa shape index (κ1) is 28.2. The van der Waals surface area contributed by atoms with E-state index in [1.807, 2.05) is 12.1 Å². The highest BCUT2D eigenvalue weighted by Crippen LogP contribution is 2.38. The van der Waals surface area contributed by atoms with Gasteiger partial charge < -0.3 is 24.6 Å². The number of halogens is 2. The van der Waals surface area contributed by atoms with E-state index >= 15 is 0 Å². The molecule has 0 bridgehead atoms. The predicted octanol–water partition coefficient (Wildman–Crippen LogP) is 3.24. The van der Waals surface area contributed by atoms with Crippen molar-refractivity contribution in [2.75, 3.05) is 59.0 Å². The third-order valence-corrected chi connectivity index (χ3v) is 5.39. The Morgan fingerprint density at radius 2 is 1.55 bits per heavy atom. The summed E-state index contributed by atoms with van der Waals surface area (Å²) in [6, 6.07) is 10.2. The molecular formula is C24H32ClFN2O5. The maximum atomic E-state index is 13.1. The molecule has 1 saturated heterocycles. The van der Waals surface area contributed by atoms with Gasteiger partial charge >= 0.3 is 0 Å². The monoisotopic (exact) mass is 482 g/mol. The van der Waals surface area contributed by atoms with Gasteiger partial charge in [0.05, 0.1) is 21.3 Å². The Morgan fingerprint density at radius 3 is 2.06 bits per heavy atom. The van der Waals surface area contributed by atoms with E-state index in [4.69, 9.17) is 14.2 Å². The summed E-state index contributed by atoms with van der Waals surface area (Å²) in [5.74, 6) is 1.46. The average Bonchev–Trinajstić information content (AvgIpc) is 2.81. The van der Waals surface area contributed by atoms with Crippen LogP contribution in [0.2, 0.25) is 0 Å². The molecule has 182 valence electrons. The number of carbonyl (C=O) groups is 1. The first-order chi connectivity index (χ1) is 15.0. The van der Waals surface area contributed by atoms with E-state index in [0.717, 1.165) is 44.0 Å². The number of hydrogen-bond donors (Lipinski definition) is 0. The lowest BCUT2D eigenvalue weighted by Gasteiger charge is -2.36. The van der Waals surface area contributed by atoms with E-state index < -0.39 is 0 Å². The minimum absolute atomic E-state index is 0. The fourth-order valence-corrected chi connectivity index (χ4v) is 3.62. The topological polar surface area (TPSA) is 82.7 Å². The van der Waals surface area contributed by atoms with Crippen LogP contribution in [0.3, 0.4) is 0 Å². The highest BCUT2D eigenvalue weighted by molar-refractivity contribution is 5.93. The molecule has 0 radical (unpaired) electrons. The number of hydrogen-bond acceptors (Lipinski definition) is 6. The van der Waals surface area contributed by atoms with Crippen molar-refractivity contribution in [3.8, 4) is 17.2 Å². The van der Waals surface area contributed by atoms with Crippen LogP contribution >= 0.6 is 12.4 Å². The quantitative estimate of drug-likeness (QED) is 0.510. The molecule has 0 aromatic heterocycles. The molecule has 0 atom stereocenters. The molecule has 1 fully saturated rings. The number of benzene rings is 2. The Hall–Kier alpha value is -2.81. The van der Waals surface area contributed by atoms with Gasteiger partial charge in [-0.2, -0.15) is 0 Å². The zero-order chi connectivity index (χ0) is 22.2. The van der Waals surface area contributed by atoms with Crippen molar-refractivity contribution in [1.82, 2.24) is 4.90 Å². The second kappa shape index (κ2) is 13.7. The SMILES string of the molecule is COc1cc(/C=C/C(=O)CCN2CCN(c3ccc(F)cc3)CC2)cc(OC)c1OC.Cl.O. The van der Waals surface area contributed by atoms with E-state index in [-0.39, 0.29) is 29.5 Å². The highest BCUT2D eigenvalue weighted by Gasteiger charge is 2.17. The van der Waals surface area contributed by atoms with E-state index in [9.17, 15) is 9.18 Å². The maximum absolute atomic E-state index is 13.1. The molecule has 7 nitrogen and oxygen atoms in total. The van der Waals surface area contributed by atoms with Gasteiger partial charge in [0.1, 0.15) is 5.82 Å². The number of rotatable bonds is 9. The van der Waals surface area contributed by atoms with Gasteiger partial charge in [0, 0.05) is 44.8 Å². The summed E-state index contributed by atoms with van der Waals surface area (Å²) in [5.41, 5.74) is 1.83. The summed E-state index contributed by atoms with van der Waals surface area (Å²) in [5, 5.41) is 0. The van der Waals surface area contributed by atoms with Gasteiger partial charge in [-0.25, -0.2) is 4.39 Å². The zero-order valence-corrected chi connectivity index (χ0v) is 20.0. The Bertz CT molecular complexity index is 891. The summed E-state index contributed by atoms with van der Waals surface area (Å²) >= 11 is 0. The van der Waals surface area contributed by atoms with Crippen LogP contribution in [0.5, 0.6) is 17.2 Å². The second-order valence-corrected chi connectivity index (χ2v) is 7.31. The number of carbonyl (C=O) groups excluding carboxylic acids is 1. The number of methoxy groups -OCH3 is 3.